The van der Waals surface area contributed by atoms with Crippen molar-refractivity contribution < 1.29 is 23.9 Å². The molecule has 1 aliphatic heterocycles. The van der Waals surface area contributed by atoms with Crippen molar-refractivity contribution in [3.05, 3.63) is 33.8 Å². The lowest BCUT2D eigenvalue weighted by molar-refractivity contribution is -0.147. The summed E-state index contributed by atoms with van der Waals surface area (Å²) in [6.07, 6.45) is 1.90. The number of ether oxygens (including phenoxy) is 2. The Bertz CT molecular complexity index is 647. The molecule has 0 bridgehead atoms. The van der Waals surface area contributed by atoms with Gasteiger partial charge in [0, 0.05) is 18.2 Å². The molecule has 1 saturated heterocycles. The smallest absolute Gasteiger partial charge is 0.325 e. The minimum absolute atomic E-state index is 0.0167. The van der Waals surface area contributed by atoms with Crippen LogP contribution in [0.3, 0.4) is 0 Å². The van der Waals surface area contributed by atoms with E-state index in [1.165, 1.54) is 18.2 Å². The zero-order valence-corrected chi connectivity index (χ0v) is 14.9. The summed E-state index contributed by atoms with van der Waals surface area (Å²) in [5.41, 5.74) is 0.188. The molecule has 25 heavy (non-hydrogen) atoms. The number of hydrogen-bond donors (Lipinski definition) is 2. The Hall–Kier alpha value is -1.83. The highest BCUT2D eigenvalue weighted by Gasteiger charge is 2.17. The van der Waals surface area contributed by atoms with Crippen LogP contribution in [0.5, 0.6) is 0 Å². The minimum Gasteiger partial charge on any atom is -0.454 e. The molecule has 7 nitrogen and oxygen atoms in total. The molecule has 1 fully saturated rings. The minimum atomic E-state index is -0.731. The van der Waals surface area contributed by atoms with Gasteiger partial charge >= 0.3 is 5.97 Å². The molecule has 1 atom stereocenters. The van der Waals surface area contributed by atoms with E-state index >= 15 is 0 Å². The van der Waals surface area contributed by atoms with Gasteiger partial charge in [0.25, 0.3) is 11.8 Å². The molecular formula is C16H18Cl2N2O5. The molecule has 0 aliphatic carbocycles. The van der Waals surface area contributed by atoms with Crippen LogP contribution in [-0.2, 0) is 19.1 Å². The molecular weight excluding hydrogens is 371 g/mol. The third-order valence-corrected chi connectivity index (χ3v) is 4.03. The summed E-state index contributed by atoms with van der Waals surface area (Å²) >= 11 is 11.7. The van der Waals surface area contributed by atoms with Gasteiger partial charge in [0.05, 0.1) is 16.7 Å². The maximum absolute atomic E-state index is 11.9. The number of amides is 2. The topological polar surface area (TPSA) is 93.7 Å². The van der Waals surface area contributed by atoms with Gasteiger partial charge in [-0.1, -0.05) is 23.2 Å². The van der Waals surface area contributed by atoms with Crippen LogP contribution in [0, 0.1) is 0 Å². The van der Waals surface area contributed by atoms with Crippen LogP contribution in [0.4, 0.5) is 0 Å². The third kappa shape index (κ3) is 6.53. The molecule has 1 heterocycles. The Balaban J connectivity index is 1.65. The standard InChI is InChI=1S/C16H18Cl2N2O5/c17-10-3-4-12(13(18)6-10)16(23)20-8-15(22)25-9-14(21)19-7-11-2-1-5-24-11/h3-4,6,11H,1-2,5,7-9H2,(H,19,21)(H,20,23)/t11-/m1/s1. The molecule has 9 heteroatoms. The number of esters is 1. The van der Waals surface area contributed by atoms with Gasteiger partial charge in [-0.15, -0.1) is 0 Å². The van der Waals surface area contributed by atoms with Crippen molar-refractivity contribution in [2.24, 2.45) is 0 Å². The Morgan fingerprint density at radius 2 is 2.04 bits per heavy atom. The average Bonchev–Trinajstić information content (AvgIpc) is 3.09. The number of carbonyl (C=O) groups is 3. The summed E-state index contributed by atoms with van der Waals surface area (Å²) in [7, 11) is 0. The van der Waals surface area contributed by atoms with Crippen molar-refractivity contribution in [2.45, 2.75) is 18.9 Å². The first-order chi connectivity index (χ1) is 12.0. The Morgan fingerprint density at radius 1 is 1.24 bits per heavy atom. The predicted octanol–water partition coefficient (Wildman–Crippen LogP) is 1.56. The summed E-state index contributed by atoms with van der Waals surface area (Å²) in [5, 5.41) is 5.56. The van der Waals surface area contributed by atoms with Gasteiger partial charge in [-0.2, -0.15) is 0 Å². The van der Waals surface area contributed by atoms with Gasteiger partial charge in [0.2, 0.25) is 0 Å². The first-order valence-electron chi connectivity index (χ1n) is 7.73. The molecule has 0 radical (unpaired) electrons. The quantitative estimate of drug-likeness (QED) is 0.691. The van der Waals surface area contributed by atoms with E-state index in [0.29, 0.717) is 18.2 Å². The summed E-state index contributed by atoms with van der Waals surface area (Å²) in [4.78, 5) is 35.1. The Kier molecular flexibility index (Phi) is 7.49. The molecule has 1 aromatic rings. The lowest BCUT2D eigenvalue weighted by Crippen LogP contribution is -2.36. The molecule has 0 spiro atoms. The van der Waals surface area contributed by atoms with Crippen LogP contribution >= 0.6 is 23.2 Å². The van der Waals surface area contributed by atoms with Gasteiger partial charge in [-0.05, 0) is 31.0 Å². The molecule has 0 saturated carbocycles. The monoisotopic (exact) mass is 388 g/mol. The van der Waals surface area contributed by atoms with Crippen molar-refractivity contribution in [1.82, 2.24) is 10.6 Å². The van der Waals surface area contributed by atoms with E-state index in [-0.39, 0.29) is 23.2 Å². The highest BCUT2D eigenvalue weighted by molar-refractivity contribution is 6.36. The largest absolute Gasteiger partial charge is 0.454 e. The molecule has 1 aromatic carbocycles. The van der Waals surface area contributed by atoms with Crippen molar-refractivity contribution in [2.75, 3.05) is 26.3 Å². The molecule has 2 rings (SSSR count). The lowest BCUT2D eigenvalue weighted by Gasteiger charge is -2.11. The zero-order valence-electron chi connectivity index (χ0n) is 13.3. The van der Waals surface area contributed by atoms with Crippen LogP contribution in [0.1, 0.15) is 23.2 Å². The number of hydrogen-bond acceptors (Lipinski definition) is 5. The number of rotatable bonds is 7. The fourth-order valence-corrected chi connectivity index (χ4v) is 2.70. The second-order valence-corrected chi connectivity index (χ2v) is 6.25. The van der Waals surface area contributed by atoms with E-state index in [1.807, 2.05) is 0 Å². The first kappa shape index (κ1) is 19.5. The van der Waals surface area contributed by atoms with Gasteiger partial charge < -0.3 is 20.1 Å². The van der Waals surface area contributed by atoms with E-state index in [1.54, 1.807) is 0 Å². The van der Waals surface area contributed by atoms with Crippen molar-refractivity contribution in [1.29, 1.82) is 0 Å². The Labute approximate surface area is 154 Å². The summed E-state index contributed by atoms with van der Waals surface area (Å²) in [6, 6.07) is 4.39. The van der Waals surface area contributed by atoms with E-state index in [4.69, 9.17) is 32.7 Å². The fraction of sp³-hybridized carbons (Fsp3) is 0.438. The second-order valence-electron chi connectivity index (χ2n) is 5.41. The fourth-order valence-electron chi connectivity index (χ4n) is 2.20. The number of benzene rings is 1. The average molecular weight is 389 g/mol. The van der Waals surface area contributed by atoms with Crippen LogP contribution in [-0.4, -0.2) is 50.2 Å². The third-order valence-electron chi connectivity index (χ3n) is 3.48. The van der Waals surface area contributed by atoms with Crippen LogP contribution in [0.15, 0.2) is 18.2 Å². The van der Waals surface area contributed by atoms with Crippen LogP contribution in [0.25, 0.3) is 0 Å². The van der Waals surface area contributed by atoms with Crippen LogP contribution < -0.4 is 10.6 Å². The van der Waals surface area contributed by atoms with Gasteiger partial charge in [0.15, 0.2) is 6.61 Å². The highest BCUT2D eigenvalue weighted by Crippen LogP contribution is 2.20. The number of nitrogens with one attached hydrogen (secondary N) is 2. The SMILES string of the molecule is O=C(COC(=O)CNC(=O)c1ccc(Cl)cc1Cl)NC[C@H]1CCCO1. The molecule has 136 valence electrons. The van der Waals surface area contributed by atoms with Gasteiger partial charge in [-0.3, -0.25) is 14.4 Å². The summed E-state index contributed by atoms with van der Waals surface area (Å²) in [6.45, 7) is 0.301. The first-order valence-corrected chi connectivity index (χ1v) is 8.48. The van der Waals surface area contributed by atoms with E-state index < -0.39 is 24.4 Å². The van der Waals surface area contributed by atoms with Crippen molar-refractivity contribution in [3.8, 4) is 0 Å². The molecule has 1 aliphatic rings. The highest BCUT2D eigenvalue weighted by atomic mass is 35.5. The normalized spacial score (nSPS) is 16.3. The van der Waals surface area contributed by atoms with E-state index in [9.17, 15) is 14.4 Å². The predicted molar refractivity (Wildman–Crippen MR) is 91.7 cm³/mol. The summed E-state index contributed by atoms with van der Waals surface area (Å²) < 4.78 is 10.2. The molecule has 0 unspecified atom stereocenters. The number of carbonyl (C=O) groups excluding carboxylic acids is 3. The lowest BCUT2D eigenvalue weighted by atomic mass is 10.2. The Morgan fingerprint density at radius 3 is 2.72 bits per heavy atom. The number of halogens is 2. The van der Waals surface area contributed by atoms with Crippen molar-refractivity contribution in [3.63, 3.8) is 0 Å². The van der Waals surface area contributed by atoms with Gasteiger partial charge in [-0.25, -0.2) is 0 Å². The second kappa shape index (κ2) is 9.60. The van der Waals surface area contributed by atoms with E-state index in [2.05, 4.69) is 10.6 Å². The maximum Gasteiger partial charge on any atom is 0.325 e. The van der Waals surface area contributed by atoms with E-state index in [0.717, 1.165) is 12.8 Å². The van der Waals surface area contributed by atoms with Gasteiger partial charge in [0.1, 0.15) is 6.54 Å². The molecule has 2 amide bonds. The van der Waals surface area contributed by atoms with Crippen molar-refractivity contribution >= 4 is 41.0 Å². The molecule has 2 N–H and O–H groups in total. The van der Waals surface area contributed by atoms with Crippen LogP contribution in [0.2, 0.25) is 10.0 Å². The molecule has 0 aromatic heterocycles. The summed E-state index contributed by atoms with van der Waals surface area (Å²) in [5.74, 6) is -1.69. The maximum atomic E-state index is 11.9. The zero-order chi connectivity index (χ0) is 18.2.